The molecule has 92 valence electrons. The van der Waals surface area contributed by atoms with Crippen molar-refractivity contribution in [1.82, 2.24) is 5.43 Å². The first kappa shape index (κ1) is 12.7. The molecule has 0 aliphatic carbocycles. The van der Waals surface area contributed by atoms with Crippen LogP contribution < -0.4 is 10.9 Å². The minimum absolute atomic E-state index is 0.221. The largest absolute Gasteiger partial charge is 0.298 e. The second-order valence-electron chi connectivity index (χ2n) is 3.57. The Morgan fingerprint density at radius 1 is 0.944 bits per heavy atom. The molecule has 2 aromatic rings. The van der Waals surface area contributed by atoms with Crippen LogP contribution >= 0.6 is 23.2 Å². The minimum Gasteiger partial charge on any atom is -0.298 e. The van der Waals surface area contributed by atoms with Crippen molar-refractivity contribution in [1.29, 1.82) is 0 Å². The lowest BCUT2D eigenvalue weighted by molar-refractivity contribution is 0.0962. The summed E-state index contributed by atoms with van der Waals surface area (Å²) in [4.78, 5) is 11.7. The maximum absolute atomic E-state index is 11.7. The van der Waals surface area contributed by atoms with E-state index in [4.69, 9.17) is 23.2 Å². The molecular weight excluding hydrogens is 271 g/mol. The Morgan fingerprint density at radius 3 is 2.33 bits per heavy atom. The van der Waals surface area contributed by atoms with E-state index >= 15 is 0 Å². The van der Waals surface area contributed by atoms with E-state index in [9.17, 15) is 4.79 Å². The van der Waals surface area contributed by atoms with Gasteiger partial charge in [-0.3, -0.25) is 15.6 Å². The third-order valence-electron chi connectivity index (χ3n) is 2.28. The zero-order valence-corrected chi connectivity index (χ0v) is 10.8. The number of nitrogens with one attached hydrogen (secondary N) is 2. The van der Waals surface area contributed by atoms with Crippen molar-refractivity contribution < 1.29 is 4.79 Å². The first-order valence-corrected chi connectivity index (χ1v) is 5.99. The molecule has 0 unspecified atom stereocenters. The number of halogens is 2. The Hall–Kier alpha value is -1.71. The van der Waals surface area contributed by atoms with Crippen LogP contribution in [0.4, 0.5) is 5.69 Å². The van der Waals surface area contributed by atoms with Gasteiger partial charge in [-0.05, 0) is 30.3 Å². The number of rotatable bonds is 3. The molecule has 0 saturated carbocycles. The van der Waals surface area contributed by atoms with Gasteiger partial charge in [-0.2, -0.15) is 0 Å². The SMILES string of the molecule is O=C(NNc1ccc(Cl)c(Cl)c1)c1ccccc1. The van der Waals surface area contributed by atoms with Crippen molar-refractivity contribution in [3.05, 3.63) is 64.1 Å². The molecule has 0 heterocycles. The molecule has 0 radical (unpaired) electrons. The quantitative estimate of drug-likeness (QED) is 0.841. The Labute approximate surface area is 115 Å². The van der Waals surface area contributed by atoms with E-state index in [2.05, 4.69) is 10.9 Å². The molecule has 2 rings (SSSR count). The molecule has 0 saturated heterocycles. The van der Waals surface area contributed by atoms with Gasteiger partial charge < -0.3 is 0 Å². The maximum atomic E-state index is 11.7. The van der Waals surface area contributed by atoms with Crippen molar-refractivity contribution in [2.75, 3.05) is 5.43 Å². The Bertz CT molecular complexity index is 558. The molecule has 18 heavy (non-hydrogen) atoms. The highest BCUT2D eigenvalue weighted by atomic mass is 35.5. The van der Waals surface area contributed by atoms with Gasteiger partial charge >= 0.3 is 0 Å². The Balaban J connectivity index is 1.99. The van der Waals surface area contributed by atoms with Crippen molar-refractivity contribution in [3.63, 3.8) is 0 Å². The summed E-state index contributed by atoms with van der Waals surface area (Å²) in [7, 11) is 0. The fourth-order valence-corrected chi connectivity index (χ4v) is 1.66. The van der Waals surface area contributed by atoms with E-state index in [-0.39, 0.29) is 5.91 Å². The number of hydrogen-bond acceptors (Lipinski definition) is 2. The summed E-state index contributed by atoms with van der Waals surface area (Å²) < 4.78 is 0. The summed E-state index contributed by atoms with van der Waals surface area (Å²) in [6.45, 7) is 0. The number of hydrogen-bond donors (Lipinski definition) is 2. The normalized spacial score (nSPS) is 9.89. The smallest absolute Gasteiger partial charge is 0.269 e. The van der Waals surface area contributed by atoms with Gasteiger partial charge in [0.15, 0.2) is 0 Å². The summed E-state index contributed by atoms with van der Waals surface area (Å²) in [6, 6.07) is 13.9. The predicted octanol–water partition coefficient (Wildman–Crippen LogP) is 3.75. The lowest BCUT2D eigenvalue weighted by Crippen LogP contribution is -2.29. The van der Waals surface area contributed by atoms with Crippen LogP contribution in [-0.2, 0) is 0 Å². The van der Waals surface area contributed by atoms with E-state index < -0.39 is 0 Å². The van der Waals surface area contributed by atoms with Gasteiger partial charge in [0.05, 0.1) is 15.7 Å². The van der Waals surface area contributed by atoms with Crippen molar-refractivity contribution >= 4 is 34.8 Å². The molecule has 2 N–H and O–H groups in total. The van der Waals surface area contributed by atoms with Crippen molar-refractivity contribution in [2.24, 2.45) is 0 Å². The van der Waals surface area contributed by atoms with Crippen LogP contribution in [-0.4, -0.2) is 5.91 Å². The predicted molar refractivity (Wildman–Crippen MR) is 74.0 cm³/mol. The third-order valence-corrected chi connectivity index (χ3v) is 3.01. The number of anilines is 1. The molecule has 0 atom stereocenters. The lowest BCUT2D eigenvalue weighted by Gasteiger charge is -2.09. The number of carbonyl (C=O) groups is 1. The fourth-order valence-electron chi connectivity index (χ4n) is 1.36. The molecule has 1 amide bonds. The number of amides is 1. The van der Waals surface area contributed by atoms with Crippen molar-refractivity contribution in [2.45, 2.75) is 0 Å². The number of benzene rings is 2. The van der Waals surface area contributed by atoms with Crippen molar-refractivity contribution in [3.8, 4) is 0 Å². The van der Waals surface area contributed by atoms with Crippen LogP contribution in [0.3, 0.4) is 0 Å². The molecule has 0 bridgehead atoms. The van der Waals surface area contributed by atoms with Gasteiger partial charge in [0.1, 0.15) is 0 Å². The zero-order valence-electron chi connectivity index (χ0n) is 9.28. The maximum Gasteiger partial charge on any atom is 0.269 e. The number of carbonyl (C=O) groups excluding carboxylic acids is 1. The second-order valence-corrected chi connectivity index (χ2v) is 4.39. The molecule has 0 aromatic heterocycles. The molecule has 0 fully saturated rings. The fraction of sp³-hybridized carbons (Fsp3) is 0. The lowest BCUT2D eigenvalue weighted by atomic mass is 10.2. The Kier molecular flexibility index (Phi) is 4.07. The van der Waals surface area contributed by atoms with Crippen LogP contribution in [0, 0.1) is 0 Å². The van der Waals surface area contributed by atoms with Gasteiger partial charge in [-0.15, -0.1) is 0 Å². The van der Waals surface area contributed by atoms with E-state index in [0.29, 0.717) is 21.3 Å². The van der Waals surface area contributed by atoms with Gasteiger partial charge in [0.25, 0.3) is 5.91 Å². The average Bonchev–Trinajstić information content (AvgIpc) is 2.41. The van der Waals surface area contributed by atoms with Crippen LogP contribution in [0.2, 0.25) is 10.0 Å². The first-order chi connectivity index (χ1) is 8.66. The first-order valence-electron chi connectivity index (χ1n) is 5.23. The topological polar surface area (TPSA) is 41.1 Å². The second kappa shape index (κ2) is 5.76. The molecule has 3 nitrogen and oxygen atoms in total. The van der Waals surface area contributed by atoms with Gasteiger partial charge in [-0.25, -0.2) is 0 Å². The molecule has 2 aromatic carbocycles. The zero-order chi connectivity index (χ0) is 13.0. The van der Waals surface area contributed by atoms with E-state index in [1.165, 1.54) is 0 Å². The minimum atomic E-state index is -0.221. The summed E-state index contributed by atoms with van der Waals surface area (Å²) in [5.74, 6) is -0.221. The monoisotopic (exact) mass is 280 g/mol. The summed E-state index contributed by atoms with van der Waals surface area (Å²) in [5.41, 5.74) is 6.57. The molecule has 0 aliphatic heterocycles. The molecular formula is C13H10Cl2N2O. The van der Waals surface area contributed by atoms with Gasteiger partial charge in [0, 0.05) is 5.56 Å². The molecule has 0 aliphatic rings. The van der Waals surface area contributed by atoms with Crippen LogP contribution in [0.25, 0.3) is 0 Å². The van der Waals surface area contributed by atoms with Crippen LogP contribution in [0.5, 0.6) is 0 Å². The van der Waals surface area contributed by atoms with Gasteiger partial charge in [0.2, 0.25) is 0 Å². The average molecular weight is 281 g/mol. The third kappa shape index (κ3) is 3.15. The highest BCUT2D eigenvalue weighted by molar-refractivity contribution is 6.42. The summed E-state index contributed by atoms with van der Waals surface area (Å²) in [6.07, 6.45) is 0. The molecule has 0 spiro atoms. The van der Waals surface area contributed by atoms with E-state index in [1.807, 2.05) is 6.07 Å². The van der Waals surface area contributed by atoms with Crippen LogP contribution in [0.1, 0.15) is 10.4 Å². The summed E-state index contributed by atoms with van der Waals surface area (Å²) in [5, 5.41) is 0.896. The van der Waals surface area contributed by atoms with E-state index in [0.717, 1.165) is 0 Å². The standard InChI is InChI=1S/C13H10Cl2N2O/c14-11-7-6-10(8-12(11)15)16-17-13(18)9-4-2-1-3-5-9/h1-8,16H,(H,17,18). The van der Waals surface area contributed by atoms with Crippen LogP contribution in [0.15, 0.2) is 48.5 Å². The highest BCUT2D eigenvalue weighted by Gasteiger charge is 2.04. The molecule has 5 heteroatoms. The Morgan fingerprint density at radius 2 is 1.67 bits per heavy atom. The number of hydrazine groups is 1. The van der Waals surface area contributed by atoms with Gasteiger partial charge in [-0.1, -0.05) is 41.4 Å². The summed E-state index contributed by atoms with van der Waals surface area (Å²) >= 11 is 11.7. The van der Waals surface area contributed by atoms with E-state index in [1.54, 1.807) is 42.5 Å². The highest BCUT2D eigenvalue weighted by Crippen LogP contribution is 2.24.